The van der Waals surface area contributed by atoms with E-state index >= 15 is 0 Å². The van der Waals surface area contributed by atoms with E-state index in [1.54, 1.807) is 0 Å². The van der Waals surface area contributed by atoms with Crippen LogP contribution in [0.4, 0.5) is 0 Å². The van der Waals surface area contributed by atoms with E-state index in [1.807, 2.05) is 300 Å². The first-order chi connectivity index (χ1) is 52.5. The molecule has 0 aromatic heterocycles. The van der Waals surface area contributed by atoms with Crippen LogP contribution in [0.25, 0.3) is 33.4 Å². The molecule has 606 valence electrons. The van der Waals surface area contributed by atoms with Crippen LogP contribution in [0.2, 0.25) is 0 Å². The molecule has 0 unspecified atom stereocenters. The van der Waals surface area contributed by atoms with Crippen LogP contribution >= 0.6 is 0 Å². The van der Waals surface area contributed by atoms with Gasteiger partial charge in [-0.3, -0.25) is 0 Å². The molecule has 0 nitrogen and oxygen atoms in total. The van der Waals surface area contributed by atoms with Crippen LogP contribution in [0.3, 0.4) is 0 Å². The second-order valence-corrected chi connectivity index (χ2v) is 18.2. The van der Waals surface area contributed by atoms with E-state index in [2.05, 4.69) is 293 Å². The van der Waals surface area contributed by atoms with Crippen molar-refractivity contribution in [3.63, 3.8) is 0 Å². The Morgan fingerprint density at radius 1 is 0.148 bits per heavy atom. The van der Waals surface area contributed by atoms with E-state index in [0.29, 0.717) is 0 Å². The Balaban J connectivity index is -0.0000000745. The fraction of sp³-hybridized carbons (Fsp3) is 0.383. The average Bonchev–Trinajstić information content (AvgIpc) is 0.873. The molecule has 0 saturated heterocycles. The predicted molar refractivity (Wildman–Crippen MR) is 510 cm³/mol. The molecule has 0 aliphatic carbocycles. The maximum atomic E-state index is 2.89. The number of rotatable bonds is 3. The largest absolute Gasteiger partial charge is 2.00 e. The van der Waals surface area contributed by atoms with Crippen LogP contribution in [0.1, 0.15) is 272 Å². The Morgan fingerprint density at radius 3 is 0.583 bits per heavy atom. The van der Waals surface area contributed by atoms with Gasteiger partial charge in [0.1, 0.15) is 0 Å². The Morgan fingerprint density at radius 2 is 0.352 bits per heavy atom. The summed E-state index contributed by atoms with van der Waals surface area (Å²) >= 11 is 0. The maximum Gasteiger partial charge on any atom is 2.00 e. The molecule has 0 aliphatic rings. The molecule has 0 fully saturated rings. The molecular weight excluding hydrogens is 1470 g/mol. The Hall–Kier alpha value is -7.89. The summed E-state index contributed by atoms with van der Waals surface area (Å²) in [5.74, 6) is 0. The van der Waals surface area contributed by atoms with Crippen LogP contribution in [0.5, 0.6) is 0 Å². The van der Waals surface area contributed by atoms with E-state index in [4.69, 9.17) is 0 Å². The van der Waals surface area contributed by atoms with Crippen molar-refractivity contribution < 1.29 is 21.1 Å². The minimum atomic E-state index is 0. The van der Waals surface area contributed by atoms with Gasteiger partial charge in [0.05, 0.1) is 0 Å². The number of hydrogen-bond acceptors (Lipinski definition) is 0. The summed E-state index contributed by atoms with van der Waals surface area (Å²) in [7, 11) is 0. The minimum absolute atomic E-state index is 0. The van der Waals surface area contributed by atoms with E-state index in [-0.39, 0.29) is 21.1 Å². The first-order valence-corrected chi connectivity index (χ1v) is 41.7. The zero-order valence-corrected chi connectivity index (χ0v) is 81.1. The molecule has 0 atom stereocenters. The van der Waals surface area contributed by atoms with Crippen LogP contribution in [0.15, 0.2) is 297 Å². The molecule has 11 aromatic rings. The second kappa shape index (κ2) is 123. The van der Waals surface area contributed by atoms with Crippen LogP contribution in [-0.4, -0.2) is 0 Å². The first kappa shape index (κ1) is 133. The number of aryl methyl sites for hydroxylation is 9. The molecule has 0 bridgehead atoms. The molecule has 0 N–H and O–H groups in total. The van der Waals surface area contributed by atoms with Gasteiger partial charge >= 0.3 is 21.1 Å². The third kappa shape index (κ3) is 88.7. The molecule has 0 spiro atoms. The van der Waals surface area contributed by atoms with Gasteiger partial charge in [-0.2, -0.15) is 72.8 Å². The van der Waals surface area contributed by atoms with Crippen LogP contribution in [-0.2, 0) is 21.1 Å². The molecule has 1 heteroatoms. The van der Waals surface area contributed by atoms with Crippen LogP contribution < -0.4 is 0 Å². The van der Waals surface area contributed by atoms with Crippen molar-refractivity contribution in [2.45, 2.75) is 284 Å². The summed E-state index contributed by atoms with van der Waals surface area (Å²) in [4.78, 5) is 0. The summed E-state index contributed by atoms with van der Waals surface area (Å²) in [5.41, 5.74) is 19.8. The number of benzene rings is 11. The fourth-order valence-electron chi connectivity index (χ4n) is 7.14. The van der Waals surface area contributed by atoms with Gasteiger partial charge in [0.2, 0.25) is 0 Å². The van der Waals surface area contributed by atoms with Crippen molar-refractivity contribution in [2.75, 3.05) is 0 Å². The van der Waals surface area contributed by atoms with E-state index in [1.165, 1.54) is 83.5 Å². The quantitative estimate of drug-likeness (QED) is 0.155. The average molecular weight is 1640 g/mol. The zero-order valence-electron chi connectivity index (χ0n) is 78.2. The summed E-state index contributed by atoms with van der Waals surface area (Å²) in [5, 5.41) is 0. The zero-order chi connectivity index (χ0) is 85.7. The Bertz CT molecular complexity index is 2990. The minimum Gasteiger partial charge on any atom is -0.184 e. The summed E-state index contributed by atoms with van der Waals surface area (Å²) in [6.07, 6.45) is 0. The topological polar surface area (TPSA) is 0 Å². The second-order valence-electron chi connectivity index (χ2n) is 18.2. The SMILES string of the molecule is CC.CC.CC.CC.CC.CC.CC.CC.CC.CC.CC.CC.CC.CC.CC.CC.Cc1ccc(-c2ccccc2)cc1.Cc1ccc(C)cc1.Cc1cccc(-c2ccccc2)c1.Cc1cccc(C)c1.Cc1ccccc1-c1ccccc1.Cc1ccccc1C.[W+2].[c-]1ccccc1.[c-]1ccccc1. The third-order valence-electron chi connectivity index (χ3n) is 11.5. The van der Waals surface area contributed by atoms with Crippen LogP contribution in [0, 0.1) is 74.4 Å². The smallest absolute Gasteiger partial charge is 0.184 e. The summed E-state index contributed by atoms with van der Waals surface area (Å²) < 4.78 is 0. The monoisotopic (exact) mass is 1640 g/mol. The van der Waals surface area contributed by atoms with Gasteiger partial charge < -0.3 is 0 Å². The van der Waals surface area contributed by atoms with Crippen molar-refractivity contribution >= 4 is 0 Å². The van der Waals surface area contributed by atoms with Crippen molar-refractivity contribution in [1.82, 2.24) is 0 Å². The molecule has 108 heavy (non-hydrogen) atoms. The summed E-state index contributed by atoms with van der Waals surface area (Å²) in [6.45, 7) is 83.0. The van der Waals surface area contributed by atoms with Gasteiger partial charge in [0.15, 0.2) is 0 Å². The molecular formula is C107H172W. The molecule has 0 aliphatic heterocycles. The van der Waals surface area contributed by atoms with Crippen molar-refractivity contribution in [1.29, 1.82) is 0 Å². The van der Waals surface area contributed by atoms with Gasteiger partial charge in [0, 0.05) is 0 Å². The van der Waals surface area contributed by atoms with E-state index < -0.39 is 0 Å². The molecule has 0 saturated carbocycles. The van der Waals surface area contributed by atoms with Gasteiger partial charge in [-0.05, 0) is 112 Å². The third-order valence-corrected chi connectivity index (χ3v) is 11.5. The number of hydrogen-bond donors (Lipinski definition) is 0. The van der Waals surface area contributed by atoms with E-state index in [0.717, 1.165) is 0 Å². The first-order valence-electron chi connectivity index (χ1n) is 41.7. The molecule has 0 radical (unpaired) electrons. The maximum absolute atomic E-state index is 2.89. The standard InChI is InChI=1S/3C13H12.3C8H10.2C6H5.16C2H6.W/c1-11-7-5-6-10-13(11)12-8-3-2-4-9-12;1-11-6-5-9-13(10-11)12-7-3-2-4-8-12;1-11-7-9-13(10-8-11)12-5-3-2-4-6-12;1-7-3-5-8(2)6-4-7;1-7-4-3-5-8(2)6-7;1-7-5-3-4-6-8(7)2;2*1-2-4-6-5-3-1;16*1-2;/h3*2-10H,1H3;3*3-6H,1-2H3;2*1-5H;16*1-2H3;/q;;;;;;2*-1;;;;;;;;;;;;;;;;;+2. The summed E-state index contributed by atoms with van der Waals surface area (Å²) in [6, 6.07) is 107. The van der Waals surface area contributed by atoms with Gasteiger partial charge in [-0.1, -0.05) is 492 Å². The van der Waals surface area contributed by atoms with Gasteiger partial charge in [-0.25, -0.2) is 0 Å². The Kier molecular flexibility index (Phi) is 151. The Labute approximate surface area is 692 Å². The molecule has 11 aromatic carbocycles. The normalized spacial score (nSPS) is 7.42. The van der Waals surface area contributed by atoms with Crippen molar-refractivity contribution in [3.05, 3.63) is 359 Å². The fourth-order valence-corrected chi connectivity index (χ4v) is 7.14. The van der Waals surface area contributed by atoms with E-state index in [9.17, 15) is 0 Å². The van der Waals surface area contributed by atoms with Crippen molar-refractivity contribution in [3.8, 4) is 33.4 Å². The molecule has 0 amide bonds. The predicted octanol–water partition coefficient (Wildman–Crippen LogP) is 37.3. The van der Waals surface area contributed by atoms with Crippen molar-refractivity contribution in [2.24, 2.45) is 0 Å². The van der Waals surface area contributed by atoms with Gasteiger partial charge in [0.25, 0.3) is 0 Å². The molecule has 0 heterocycles. The molecule has 11 rings (SSSR count). The van der Waals surface area contributed by atoms with Gasteiger partial charge in [-0.15, -0.1) is 0 Å².